The molecule has 0 aromatic rings. The first kappa shape index (κ1) is 29.2. The summed E-state index contributed by atoms with van der Waals surface area (Å²) in [6, 6.07) is 0. The SMILES string of the molecule is C.C.C.CP(=O)(O)O.CP(C)(=O)O. The summed E-state index contributed by atoms with van der Waals surface area (Å²) in [6.45, 7) is 3.45. The maximum atomic E-state index is 9.77. The Bertz CT molecular complexity index is 131. The van der Waals surface area contributed by atoms with E-state index in [0.717, 1.165) is 6.66 Å². The average molecular weight is 238 g/mol. The molecule has 0 radical (unpaired) electrons. The van der Waals surface area contributed by atoms with Crippen LogP contribution in [0.25, 0.3) is 0 Å². The van der Waals surface area contributed by atoms with E-state index in [1.54, 1.807) is 0 Å². The molecule has 0 aromatic carbocycles. The Balaban J connectivity index is -0.0000000267. The first-order chi connectivity index (χ1) is 4.00. The number of hydrogen-bond donors (Lipinski definition) is 3. The van der Waals surface area contributed by atoms with Crippen molar-refractivity contribution >= 4 is 15.0 Å². The molecular weight excluding hydrogens is 214 g/mol. The van der Waals surface area contributed by atoms with Crippen molar-refractivity contribution in [2.75, 3.05) is 20.0 Å². The van der Waals surface area contributed by atoms with Crippen LogP contribution >= 0.6 is 15.0 Å². The van der Waals surface area contributed by atoms with Crippen molar-refractivity contribution < 1.29 is 23.8 Å². The molecule has 0 saturated carbocycles. The molecule has 0 fully saturated rings. The van der Waals surface area contributed by atoms with Crippen LogP contribution in [0, 0.1) is 0 Å². The minimum Gasteiger partial charge on any atom is -0.345 e. The Kier molecular flexibility index (Phi) is 23.4. The van der Waals surface area contributed by atoms with E-state index in [4.69, 9.17) is 14.7 Å². The van der Waals surface area contributed by atoms with Crippen molar-refractivity contribution in [2.45, 2.75) is 22.3 Å². The van der Waals surface area contributed by atoms with Crippen LogP contribution in [-0.2, 0) is 9.13 Å². The second-order valence-electron chi connectivity index (χ2n) is 2.13. The van der Waals surface area contributed by atoms with E-state index in [-0.39, 0.29) is 22.3 Å². The fraction of sp³-hybridized carbons (Fsp3) is 1.00. The lowest BCUT2D eigenvalue weighted by Gasteiger charge is -1.86. The van der Waals surface area contributed by atoms with Crippen LogP contribution in [0.2, 0.25) is 0 Å². The lowest BCUT2D eigenvalue weighted by Crippen LogP contribution is -1.64. The zero-order valence-corrected chi connectivity index (χ0v) is 7.84. The van der Waals surface area contributed by atoms with E-state index < -0.39 is 15.0 Å². The van der Waals surface area contributed by atoms with Gasteiger partial charge >= 0.3 is 7.60 Å². The van der Waals surface area contributed by atoms with E-state index in [1.165, 1.54) is 13.3 Å². The van der Waals surface area contributed by atoms with Gasteiger partial charge in [0.05, 0.1) is 0 Å². The van der Waals surface area contributed by atoms with Gasteiger partial charge in [0.1, 0.15) is 0 Å². The molecule has 0 aliphatic rings. The Hall–Kier alpha value is 0.340. The van der Waals surface area contributed by atoms with E-state index in [1.807, 2.05) is 0 Å². The highest BCUT2D eigenvalue weighted by Gasteiger charge is 1.95. The van der Waals surface area contributed by atoms with Crippen LogP contribution in [0.1, 0.15) is 22.3 Å². The van der Waals surface area contributed by atoms with Crippen molar-refractivity contribution in [3.8, 4) is 0 Å². The van der Waals surface area contributed by atoms with Gasteiger partial charge in [-0.25, -0.2) is 0 Å². The average Bonchev–Trinajstić information content (AvgIpc) is 1.12. The molecule has 88 valence electrons. The Labute approximate surface area is 81.8 Å². The van der Waals surface area contributed by atoms with Crippen molar-refractivity contribution in [3.05, 3.63) is 0 Å². The molecule has 13 heavy (non-hydrogen) atoms. The largest absolute Gasteiger partial charge is 0.345 e. The second-order valence-corrected chi connectivity index (χ2v) is 6.39. The predicted octanol–water partition coefficient (Wildman–Crippen LogP) is 2.22. The fourth-order valence-electron chi connectivity index (χ4n) is 0. The third-order valence-corrected chi connectivity index (χ3v) is 0. The van der Waals surface area contributed by atoms with Crippen molar-refractivity contribution in [3.63, 3.8) is 0 Å². The van der Waals surface area contributed by atoms with E-state index in [0.29, 0.717) is 0 Å². The molecule has 0 heterocycles. The molecule has 7 heteroatoms. The molecule has 0 spiro atoms. The zero-order valence-electron chi connectivity index (χ0n) is 6.05. The lowest BCUT2D eigenvalue weighted by atomic mass is 11.9. The van der Waals surface area contributed by atoms with Crippen LogP contribution in [0.5, 0.6) is 0 Å². The van der Waals surface area contributed by atoms with Crippen LogP contribution in [0.15, 0.2) is 0 Å². The van der Waals surface area contributed by atoms with Crippen molar-refractivity contribution in [1.29, 1.82) is 0 Å². The first-order valence-corrected chi connectivity index (χ1v) is 6.92. The van der Waals surface area contributed by atoms with Gasteiger partial charge in [-0.2, -0.15) is 0 Å². The molecule has 0 aliphatic heterocycles. The molecule has 5 nitrogen and oxygen atoms in total. The van der Waals surface area contributed by atoms with Gasteiger partial charge in [0.15, 0.2) is 7.37 Å². The van der Waals surface area contributed by atoms with E-state index in [2.05, 4.69) is 0 Å². The van der Waals surface area contributed by atoms with Crippen LogP contribution in [0.4, 0.5) is 0 Å². The first-order valence-electron chi connectivity index (χ1n) is 2.31. The summed E-state index contributed by atoms with van der Waals surface area (Å²) in [5.41, 5.74) is 0. The summed E-state index contributed by atoms with van der Waals surface area (Å²) in [5.74, 6) is 0. The van der Waals surface area contributed by atoms with Gasteiger partial charge < -0.3 is 14.7 Å². The highest BCUT2D eigenvalue weighted by Crippen LogP contribution is 2.27. The zero-order chi connectivity index (χ0) is 9.00. The third-order valence-electron chi connectivity index (χ3n) is 0. The van der Waals surface area contributed by atoms with Crippen LogP contribution in [-0.4, -0.2) is 34.7 Å². The lowest BCUT2D eigenvalue weighted by molar-refractivity contribution is 0.381. The topological polar surface area (TPSA) is 94.8 Å². The van der Waals surface area contributed by atoms with Crippen LogP contribution < -0.4 is 0 Å². The monoisotopic (exact) mass is 238 g/mol. The standard InChI is InChI=1S/C2H7O2P.CH5O3P.3CH4/c2*1-5(2,3)4;;;/h1-2H3,(H,3,4);1H3,(H2,2,3,4);3*1H4. The van der Waals surface area contributed by atoms with Crippen molar-refractivity contribution in [2.24, 2.45) is 0 Å². The van der Waals surface area contributed by atoms with E-state index in [9.17, 15) is 9.13 Å². The third kappa shape index (κ3) is 11400. The quantitative estimate of drug-likeness (QED) is 0.562. The van der Waals surface area contributed by atoms with E-state index >= 15 is 0 Å². The number of rotatable bonds is 0. The molecular formula is C6H24O5P2. The van der Waals surface area contributed by atoms with Crippen molar-refractivity contribution in [1.82, 2.24) is 0 Å². The normalized spacial score (nSPS) is 9.08. The summed E-state index contributed by atoms with van der Waals surface area (Å²) < 4.78 is 19.1. The summed E-state index contributed by atoms with van der Waals surface area (Å²) in [5, 5.41) is 0. The minimum atomic E-state index is -3.64. The summed E-state index contributed by atoms with van der Waals surface area (Å²) in [4.78, 5) is 23.3. The Morgan fingerprint density at radius 2 is 0.769 bits per heavy atom. The fourth-order valence-corrected chi connectivity index (χ4v) is 0. The van der Waals surface area contributed by atoms with Gasteiger partial charge in [-0.1, -0.05) is 22.3 Å². The molecule has 0 unspecified atom stereocenters. The molecule has 3 N–H and O–H groups in total. The molecule has 0 aliphatic carbocycles. The van der Waals surface area contributed by atoms with Gasteiger partial charge in [0, 0.05) is 20.0 Å². The molecule has 0 atom stereocenters. The van der Waals surface area contributed by atoms with Gasteiger partial charge in [-0.15, -0.1) is 0 Å². The summed E-state index contributed by atoms with van der Waals surface area (Å²) in [6.07, 6.45) is 0. The highest BCUT2D eigenvalue weighted by molar-refractivity contribution is 7.56. The predicted molar refractivity (Wildman–Crippen MR) is 59.8 cm³/mol. The Morgan fingerprint density at radius 3 is 0.769 bits per heavy atom. The molecule has 0 bridgehead atoms. The smallest absolute Gasteiger partial charge is 0.322 e. The maximum absolute atomic E-state index is 9.77. The molecule has 0 aromatic heterocycles. The van der Waals surface area contributed by atoms with Gasteiger partial charge in [0.25, 0.3) is 0 Å². The molecule has 0 amide bonds. The minimum absolute atomic E-state index is 0. The van der Waals surface area contributed by atoms with Gasteiger partial charge in [-0.3, -0.25) is 9.13 Å². The number of hydrogen-bond acceptors (Lipinski definition) is 2. The Morgan fingerprint density at radius 1 is 0.769 bits per heavy atom. The maximum Gasteiger partial charge on any atom is 0.322 e. The second kappa shape index (κ2) is 10.4. The van der Waals surface area contributed by atoms with Gasteiger partial charge in [-0.05, 0) is 0 Å². The molecule has 0 rings (SSSR count). The summed E-state index contributed by atoms with van der Waals surface area (Å²) in [7, 11) is -6.28. The molecule has 0 saturated heterocycles. The van der Waals surface area contributed by atoms with Crippen LogP contribution in [0.3, 0.4) is 0 Å². The highest BCUT2D eigenvalue weighted by atomic mass is 31.2. The summed E-state index contributed by atoms with van der Waals surface area (Å²) >= 11 is 0. The van der Waals surface area contributed by atoms with Gasteiger partial charge in [0.2, 0.25) is 0 Å².